The third-order valence-corrected chi connectivity index (χ3v) is 19.6. The Morgan fingerprint density at radius 2 is 1.46 bits per heavy atom. The number of hydrogen-bond acceptors (Lipinski definition) is 7. The highest BCUT2D eigenvalue weighted by Gasteiger charge is 2.73. The summed E-state index contributed by atoms with van der Waals surface area (Å²) in [7, 11) is 1.69. The zero-order chi connectivity index (χ0) is 41.2. The van der Waals surface area contributed by atoms with Crippen molar-refractivity contribution >= 4 is 18.2 Å². The number of ether oxygens (including phenoxy) is 4. The molecule has 11 unspecified atom stereocenters. The van der Waals surface area contributed by atoms with Gasteiger partial charge in [0.2, 0.25) is 5.91 Å². The summed E-state index contributed by atoms with van der Waals surface area (Å²) in [5.41, 5.74) is -0.514. The minimum atomic E-state index is -1.17. The fourth-order valence-corrected chi connectivity index (χ4v) is 15.4. The number of carboxylic acid groups (broad SMARTS) is 1. The van der Waals surface area contributed by atoms with Crippen LogP contribution in [0.15, 0.2) is 0 Å². The van der Waals surface area contributed by atoms with Crippen molar-refractivity contribution in [1.29, 1.82) is 0 Å². The van der Waals surface area contributed by atoms with Crippen LogP contribution in [0.1, 0.15) is 145 Å². The zero-order valence-corrected chi connectivity index (χ0v) is 37.3. The van der Waals surface area contributed by atoms with Crippen LogP contribution >= 0.6 is 0 Å². The third-order valence-electron chi connectivity index (χ3n) is 19.6. The van der Waals surface area contributed by atoms with Gasteiger partial charge in [0.05, 0.1) is 62.0 Å². The maximum Gasteiger partial charge on any atom is 0.309 e. The zero-order valence-electron chi connectivity index (χ0n) is 37.3. The number of likely N-dealkylation sites (tertiary alicyclic amines) is 1. The summed E-state index contributed by atoms with van der Waals surface area (Å²) in [5, 5.41) is 9.83. The molecule has 324 valence electrons. The Bertz CT molecular complexity index is 1480. The third kappa shape index (κ3) is 7.08. The molecule has 6 aliphatic carbocycles. The Morgan fingerprint density at radius 1 is 0.754 bits per heavy atom. The molecule has 9 heteroatoms. The summed E-state index contributed by atoms with van der Waals surface area (Å²) < 4.78 is 23.5. The average Bonchev–Trinajstić information content (AvgIpc) is 3.78. The molecule has 6 saturated carbocycles. The van der Waals surface area contributed by atoms with E-state index in [1.165, 1.54) is 44.9 Å². The van der Waals surface area contributed by atoms with E-state index in [2.05, 4.69) is 46.4 Å². The number of nitrogens with zero attached hydrogens (tertiary/aromatic N) is 1. The van der Waals surface area contributed by atoms with Gasteiger partial charge in [-0.3, -0.25) is 9.59 Å². The van der Waals surface area contributed by atoms with Gasteiger partial charge in [0.15, 0.2) is 0 Å². The van der Waals surface area contributed by atoms with E-state index in [9.17, 15) is 14.7 Å². The van der Waals surface area contributed by atoms with Crippen molar-refractivity contribution in [2.75, 3.05) is 53.2 Å². The fourth-order valence-electron chi connectivity index (χ4n) is 15.4. The number of aldehydes is 1. The molecule has 11 atom stereocenters. The standard InChI is InChI=1S/C48H79NO8/c1-42(2,41(52)53)32(30-50)31-57-38-14-17-45(6)36(43(38,3)4)13-18-47(8)37(45)11-10-35-39-34(44(5)20-21-44)12-19-48(39,23-22-46(35,47)7)40(51)49-24-15-33(16-25-49)56-29-28-55-27-26-54-9/h30,32-39H,10-29,31H2,1-9H3,(H,52,53). The van der Waals surface area contributed by atoms with Crippen molar-refractivity contribution in [3.63, 3.8) is 0 Å². The Morgan fingerprint density at radius 3 is 2.11 bits per heavy atom. The van der Waals surface area contributed by atoms with Crippen LogP contribution in [0.25, 0.3) is 0 Å². The van der Waals surface area contributed by atoms with Gasteiger partial charge in [-0.15, -0.1) is 0 Å². The Kier molecular flexibility index (Phi) is 12.0. The topological polar surface area (TPSA) is 112 Å². The fraction of sp³-hybridized carbons (Fsp3) is 0.938. The first-order valence-electron chi connectivity index (χ1n) is 23.1. The predicted octanol–water partition coefficient (Wildman–Crippen LogP) is 8.85. The molecule has 0 aromatic heterocycles. The molecular weight excluding hydrogens is 719 g/mol. The van der Waals surface area contributed by atoms with E-state index in [0.29, 0.717) is 67.3 Å². The largest absolute Gasteiger partial charge is 0.481 e. The smallest absolute Gasteiger partial charge is 0.309 e. The first kappa shape index (κ1) is 43.5. The number of methoxy groups -OCH3 is 1. The van der Waals surface area contributed by atoms with E-state index in [1.54, 1.807) is 21.0 Å². The Labute approximate surface area is 344 Å². The molecule has 9 nitrogen and oxygen atoms in total. The number of rotatable bonds is 15. The number of aliphatic carboxylic acids is 1. The molecule has 0 aromatic rings. The molecule has 7 aliphatic rings. The summed E-state index contributed by atoms with van der Waals surface area (Å²) in [4.78, 5) is 41.6. The van der Waals surface area contributed by atoms with Crippen LogP contribution in [0.5, 0.6) is 0 Å². The lowest BCUT2D eigenvalue weighted by Crippen LogP contribution is -2.67. The number of amides is 1. The Hall–Kier alpha value is -1.55. The van der Waals surface area contributed by atoms with Gasteiger partial charge in [0.1, 0.15) is 6.29 Å². The molecule has 0 aromatic carbocycles. The predicted molar refractivity (Wildman–Crippen MR) is 220 cm³/mol. The number of carbonyl (C=O) groups excluding carboxylic acids is 2. The molecule has 0 radical (unpaired) electrons. The molecule has 1 amide bonds. The van der Waals surface area contributed by atoms with E-state index in [-0.39, 0.29) is 45.9 Å². The lowest BCUT2D eigenvalue weighted by atomic mass is 9.32. The van der Waals surface area contributed by atoms with Gasteiger partial charge >= 0.3 is 5.97 Å². The molecule has 7 fully saturated rings. The monoisotopic (exact) mass is 798 g/mol. The maximum absolute atomic E-state index is 15.2. The summed E-state index contributed by atoms with van der Waals surface area (Å²) in [6, 6.07) is 0. The first-order chi connectivity index (χ1) is 26.9. The minimum Gasteiger partial charge on any atom is -0.481 e. The van der Waals surface area contributed by atoms with Crippen molar-refractivity contribution in [1.82, 2.24) is 4.90 Å². The molecule has 57 heavy (non-hydrogen) atoms. The highest BCUT2D eigenvalue weighted by molar-refractivity contribution is 5.84. The first-order valence-corrected chi connectivity index (χ1v) is 23.1. The second-order valence-electron chi connectivity index (χ2n) is 22.6. The molecular formula is C48H79NO8. The van der Waals surface area contributed by atoms with E-state index in [4.69, 9.17) is 18.9 Å². The van der Waals surface area contributed by atoms with Crippen molar-refractivity contribution in [2.45, 2.75) is 157 Å². The van der Waals surface area contributed by atoms with Crippen LogP contribution in [0.4, 0.5) is 0 Å². The van der Waals surface area contributed by atoms with Gasteiger partial charge in [-0.05, 0) is 160 Å². The second kappa shape index (κ2) is 15.7. The van der Waals surface area contributed by atoms with E-state index in [1.807, 2.05) is 0 Å². The average molecular weight is 798 g/mol. The maximum atomic E-state index is 15.2. The summed E-state index contributed by atoms with van der Waals surface area (Å²) in [6.07, 6.45) is 16.8. The number of fused-ring (bicyclic) bond motifs is 7. The molecule has 7 rings (SSSR count). The van der Waals surface area contributed by atoms with E-state index < -0.39 is 17.3 Å². The molecule has 1 N–H and O–H groups in total. The highest BCUT2D eigenvalue weighted by atomic mass is 16.5. The van der Waals surface area contributed by atoms with Crippen LogP contribution in [-0.4, -0.2) is 93.6 Å². The van der Waals surface area contributed by atoms with E-state index >= 15 is 4.79 Å². The van der Waals surface area contributed by atoms with Crippen molar-refractivity contribution < 1.29 is 38.4 Å². The molecule has 1 heterocycles. The SMILES string of the molecule is COCCOCCOC1CCN(C(=O)C23CCC(C4(C)CC4)C2C2CCC4C5(C)CCC(OCC(C=O)C(C)(C)C(=O)O)C(C)(C)C5CCC4(C)C2(C)CC3)CC1. The van der Waals surface area contributed by atoms with Gasteiger partial charge in [0.25, 0.3) is 0 Å². The second-order valence-corrected chi connectivity index (χ2v) is 22.6. The minimum absolute atomic E-state index is 0.00419. The summed E-state index contributed by atoms with van der Waals surface area (Å²) >= 11 is 0. The number of piperidine rings is 1. The lowest BCUT2D eigenvalue weighted by Gasteiger charge is -2.73. The quantitative estimate of drug-likeness (QED) is 0.129. The normalized spacial score (nSPS) is 41.6. The van der Waals surface area contributed by atoms with E-state index in [0.717, 1.165) is 64.3 Å². The van der Waals surface area contributed by atoms with Crippen LogP contribution in [-0.2, 0) is 33.3 Å². The lowest BCUT2D eigenvalue weighted by molar-refractivity contribution is -0.253. The van der Waals surface area contributed by atoms with Gasteiger partial charge in [-0.1, -0.05) is 41.5 Å². The van der Waals surface area contributed by atoms with Crippen LogP contribution in [0, 0.1) is 73.4 Å². The molecule has 1 aliphatic heterocycles. The summed E-state index contributed by atoms with van der Waals surface area (Å²) in [5.74, 6) is 1.63. The van der Waals surface area contributed by atoms with Crippen LogP contribution in [0.3, 0.4) is 0 Å². The van der Waals surface area contributed by atoms with Crippen LogP contribution in [0.2, 0.25) is 0 Å². The highest BCUT2D eigenvalue weighted by Crippen LogP contribution is 2.79. The van der Waals surface area contributed by atoms with Gasteiger partial charge in [0, 0.05) is 20.2 Å². The van der Waals surface area contributed by atoms with Crippen molar-refractivity contribution in [2.24, 2.45) is 73.4 Å². The molecule has 0 spiro atoms. The van der Waals surface area contributed by atoms with Gasteiger partial charge in [-0.2, -0.15) is 0 Å². The van der Waals surface area contributed by atoms with Gasteiger partial charge < -0.3 is 33.7 Å². The number of hydrogen-bond donors (Lipinski definition) is 1. The van der Waals surface area contributed by atoms with Gasteiger partial charge in [-0.25, -0.2) is 0 Å². The number of carbonyl (C=O) groups is 3. The summed E-state index contributed by atoms with van der Waals surface area (Å²) in [6.45, 7) is 22.7. The Balaban J connectivity index is 1.07. The molecule has 1 saturated heterocycles. The molecule has 0 bridgehead atoms. The van der Waals surface area contributed by atoms with Crippen LogP contribution < -0.4 is 0 Å². The van der Waals surface area contributed by atoms with Crippen molar-refractivity contribution in [3.8, 4) is 0 Å². The van der Waals surface area contributed by atoms with Crippen molar-refractivity contribution in [3.05, 3.63) is 0 Å². The number of carboxylic acids is 1.